The molecule has 0 aliphatic carbocycles. The van der Waals surface area contributed by atoms with Gasteiger partial charge in [0.25, 0.3) is 0 Å². The highest BCUT2D eigenvalue weighted by molar-refractivity contribution is 9.10. The summed E-state index contributed by atoms with van der Waals surface area (Å²) in [6.45, 7) is 0. The van der Waals surface area contributed by atoms with Gasteiger partial charge in [-0.1, -0.05) is 15.9 Å². The Kier molecular flexibility index (Phi) is 1.96. The van der Waals surface area contributed by atoms with E-state index in [1.165, 1.54) is 18.2 Å². The van der Waals surface area contributed by atoms with Crippen molar-refractivity contribution >= 4 is 26.7 Å². The number of fused-ring (bicyclic) bond motifs is 1. The van der Waals surface area contributed by atoms with Crippen LogP contribution in [0.15, 0.2) is 34.8 Å². The van der Waals surface area contributed by atoms with Gasteiger partial charge in [-0.05, 0) is 30.3 Å². The molecule has 0 unspecified atom stereocenters. The van der Waals surface area contributed by atoms with Crippen LogP contribution in [0.2, 0.25) is 0 Å². The number of benzene rings is 2. The van der Waals surface area contributed by atoms with Crippen molar-refractivity contribution in [1.82, 2.24) is 0 Å². The van der Waals surface area contributed by atoms with Crippen molar-refractivity contribution in [3.8, 4) is 5.75 Å². The Balaban J connectivity index is 2.92. The van der Waals surface area contributed by atoms with Gasteiger partial charge in [0.2, 0.25) is 0 Å². The molecule has 0 atom stereocenters. The normalized spacial score (nSPS) is 10.6. The maximum Gasteiger partial charge on any atom is 0.131 e. The van der Waals surface area contributed by atoms with Gasteiger partial charge in [-0.25, -0.2) is 4.39 Å². The minimum Gasteiger partial charge on any atom is -0.508 e. The van der Waals surface area contributed by atoms with Crippen molar-refractivity contribution in [3.05, 3.63) is 40.6 Å². The monoisotopic (exact) mass is 240 g/mol. The molecule has 0 aromatic heterocycles. The molecule has 0 radical (unpaired) electrons. The molecular weight excluding hydrogens is 235 g/mol. The van der Waals surface area contributed by atoms with E-state index in [-0.39, 0.29) is 11.6 Å². The SMILES string of the molecule is Oc1ccc2c(F)ccc(Br)c2c1. The zero-order chi connectivity index (χ0) is 9.42. The lowest BCUT2D eigenvalue weighted by atomic mass is 10.1. The third kappa shape index (κ3) is 1.40. The molecule has 0 heterocycles. The van der Waals surface area contributed by atoms with Gasteiger partial charge in [-0.2, -0.15) is 0 Å². The van der Waals surface area contributed by atoms with Crippen LogP contribution in [0.25, 0.3) is 10.8 Å². The van der Waals surface area contributed by atoms with Gasteiger partial charge in [-0.15, -0.1) is 0 Å². The lowest BCUT2D eigenvalue weighted by molar-refractivity contribution is 0.476. The summed E-state index contributed by atoms with van der Waals surface area (Å²) in [5.74, 6) is -0.142. The van der Waals surface area contributed by atoms with Crippen LogP contribution in [0.3, 0.4) is 0 Å². The molecule has 0 saturated carbocycles. The minimum atomic E-state index is -0.279. The summed E-state index contributed by atoms with van der Waals surface area (Å²) in [5, 5.41) is 10.4. The van der Waals surface area contributed by atoms with Crippen LogP contribution in [0, 0.1) is 5.82 Å². The van der Waals surface area contributed by atoms with E-state index in [0.717, 1.165) is 4.47 Å². The lowest BCUT2D eigenvalue weighted by Gasteiger charge is -2.02. The zero-order valence-corrected chi connectivity index (χ0v) is 8.18. The zero-order valence-electron chi connectivity index (χ0n) is 6.59. The predicted molar refractivity (Wildman–Crippen MR) is 53.3 cm³/mol. The van der Waals surface area contributed by atoms with Gasteiger partial charge in [0.05, 0.1) is 0 Å². The first-order chi connectivity index (χ1) is 6.18. The van der Waals surface area contributed by atoms with Gasteiger partial charge in [-0.3, -0.25) is 0 Å². The molecular formula is C10H6BrFO. The van der Waals surface area contributed by atoms with Crippen LogP contribution >= 0.6 is 15.9 Å². The van der Waals surface area contributed by atoms with Gasteiger partial charge >= 0.3 is 0 Å². The molecule has 3 heteroatoms. The van der Waals surface area contributed by atoms with E-state index in [1.54, 1.807) is 12.1 Å². The maximum absolute atomic E-state index is 13.2. The molecule has 0 aliphatic heterocycles. The third-order valence-electron chi connectivity index (χ3n) is 1.89. The summed E-state index contributed by atoms with van der Waals surface area (Å²) >= 11 is 3.29. The molecule has 0 aliphatic rings. The Morgan fingerprint density at radius 2 is 1.85 bits per heavy atom. The van der Waals surface area contributed by atoms with Gasteiger partial charge < -0.3 is 5.11 Å². The second-order valence-corrected chi connectivity index (χ2v) is 3.61. The smallest absolute Gasteiger partial charge is 0.131 e. The highest BCUT2D eigenvalue weighted by Gasteiger charge is 2.04. The summed E-state index contributed by atoms with van der Waals surface area (Å²) in [6, 6.07) is 7.58. The molecule has 2 aromatic carbocycles. The Morgan fingerprint density at radius 1 is 1.08 bits per heavy atom. The summed E-state index contributed by atoms with van der Waals surface area (Å²) in [7, 11) is 0. The lowest BCUT2D eigenvalue weighted by Crippen LogP contribution is -1.80. The Labute approximate surface area is 82.9 Å². The van der Waals surface area contributed by atoms with E-state index >= 15 is 0 Å². The van der Waals surface area contributed by atoms with Crippen molar-refractivity contribution in [3.63, 3.8) is 0 Å². The second kappa shape index (κ2) is 3.00. The summed E-state index contributed by atoms with van der Waals surface area (Å²) in [5.41, 5.74) is 0. The van der Waals surface area contributed by atoms with Crippen LogP contribution < -0.4 is 0 Å². The molecule has 0 spiro atoms. The summed E-state index contributed by atoms with van der Waals surface area (Å²) < 4.78 is 14.0. The highest BCUT2D eigenvalue weighted by Crippen LogP contribution is 2.28. The molecule has 0 bridgehead atoms. The standard InChI is InChI=1S/C10H6BrFO/c11-9-3-4-10(12)7-2-1-6(13)5-8(7)9/h1-5,13H. The average molecular weight is 241 g/mol. The molecule has 66 valence electrons. The molecule has 0 amide bonds. The highest BCUT2D eigenvalue weighted by atomic mass is 79.9. The first-order valence-electron chi connectivity index (χ1n) is 3.75. The number of rotatable bonds is 0. The Hall–Kier alpha value is -1.09. The summed E-state index contributed by atoms with van der Waals surface area (Å²) in [6.07, 6.45) is 0. The molecule has 0 fully saturated rings. The van der Waals surface area contributed by atoms with E-state index in [4.69, 9.17) is 0 Å². The predicted octanol–water partition coefficient (Wildman–Crippen LogP) is 3.45. The van der Waals surface area contributed by atoms with Crippen LogP contribution in [0.5, 0.6) is 5.75 Å². The number of halogens is 2. The van der Waals surface area contributed by atoms with Crippen LogP contribution in [-0.4, -0.2) is 5.11 Å². The fourth-order valence-corrected chi connectivity index (χ4v) is 1.72. The van der Waals surface area contributed by atoms with Crippen molar-refractivity contribution in [2.45, 2.75) is 0 Å². The van der Waals surface area contributed by atoms with E-state index < -0.39 is 0 Å². The van der Waals surface area contributed by atoms with E-state index in [1.807, 2.05) is 0 Å². The van der Waals surface area contributed by atoms with Crippen LogP contribution in [-0.2, 0) is 0 Å². The Bertz CT molecular complexity index is 468. The van der Waals surface area contributed by atoms with Crippen molar-refractivity contribution < 1.29 is 9.50 Å². The van der Waals surface area contributed by atoms with Crippen LogP contribution in [0.4, 0.5) is 4.39 Å². The molecule has 13 heavy (non-hydrogen) atoms. The largest absolute Gasteiger partial charge is 0.508 e. The first-order valence-corrected chi connectivity index (χ1v) is 4.54. The van der Waals surface area contributed by atoms with E-state index in [9.17, 15) is 9.50 Å². The van der Waals surface area contributed by atoms with Crippen molar-refractivity contribution in [1.29, 1.82) is 0 Å². The molecule has 1 nitrogen and oxygen atoms in total. The quantitative estimate of drug-likeness (QED) is 0.748. The van der Waals surface area contributed by atoms with Gasteiger partial charge in [0.15, 0.2) is 0 Å². The fourth-order valence-electron chi connectivity index (χ4n) is 1.26. The molecule has 2 rings (SSSR count). The average Bonchev–Trinajstić information content (AvgIpc) is 2.12. The fraction of sp³-hybridized carbons (Fsp3) is 0. The van der Waals surface area contributed by atoms with E-state index in [0.29, 0.717) is 10.8 Å². The second-order valence-electron chi connectivity index (χ2n) is 2.76. The topological polar surface area (TPSA) is 20.2 Å². The molecule has 0 saturated heterocycles. The molecule has 2 aromatic rings. The number of hydrogen-bond donors (Lipinski definition) is 1. The molecule has 1 N–H and O–H groups in total. The van der Waals surface area contributed by atoms with Crippen LogP contribution in [0.1, 0.15) is 0 Å². The van der Waals surface area contributed by atoms with Crippen molar-refractivity contribution in [2.75, 3.05) is 0 Å². The number of aromatic hydroxyl groups is 1. The van der Waals surface area contributed by atoms with E-state index in [2.05, 4.69) is 15.9 Å². The van der Waals surface area contributed by atoms with Gasteiger partial charge in [0, 0.05) is 15.2 Å². The van der Waals surface area contributed by atoms with Crippen molar-refractivity contribution in [2.24, 2.45) is 0 Å². The number of phenols is 1. The minimum absolute atomic E-state index is 0.138. The number of phenolic OH excluding ortho intramolecular Hbond substituents is 1. The van der Waals surface area contributed by atoms with Gasteiger partial charge in [0.1, 0.15) is 11.6 Å². The number of hydrogen-bond acceptors (Lipinski definition) is 1. The maximum atomic E-state index is 13.2. The third-order valence-corrected chi connectivity index (χ3v) is 2.59. The summed E-state index contributed by atoms with van der Waals surface area (Å²) in [4.78, 5) is 0. The first kappa shape index (κ1) is 8.51. The Morgan fingerprint density at radius 3 is 2.62 bits per heavy atom.